The minimum absolute atomic E-state index is 0.0320. The number of benzene rings is 1. The van der Waals surface area contributed by atoms with Crippen LogP contribution in [0, 0.1) is 13.8 Å². The SMILES string of the molecule is Cc1nn(-c2ccc(Cl)cc2Cl)c(C)c1CC(=O)NC1CCN(C(=O)c2ccco2)CC1. The Labute approximate surface area is 196 Å². The standard InChI is InChI=1S/C23H24Cl2N4O3/c1-14-18(15(2)29(27-14)20-6-5-16(24)12-19(20)25)13-22(30)26-17-7-9-28(10-8-17)23(31)21-4-3-11-32-21/h3-6,11-12,17H,7-10,13H2,1-2H3,(H,26,30). The van der Waals surface area contributed by atoms with Crippen LogP contribution in [0.2, 0.25) is 10.0 Å². The molecule has 0 atom stereocenters. The quantitative estimate of drug-likeness (QED) is 0.595. The maximum Gasteiger partial charge on any atom is 0.289 e. The average Bonchev–Trinajstić information content (AvgIpc) is 3.39. The second-order valence-corrected chi connectivity index (χ2v) is 8.79. The van der Waals surface area contributed by atoms with Crippen LogP contribution in [0.25, 0.3) is 5.69 Å². The average molecular weight is 475 g/mol. The highest BCUT2D eigenvalue weighted by molar-refractivity contribution is 6.35. The van der Waals surface area contributed by atoms with E-state index < -0.39 is 0 Å². The van der Waals surface area contributed by atoms with Gasteiger partial charge in [-0.05, 0) is 57.0 Å². The Morgan fingerprint density at radius 3 is 2.59 bits per heavy atom. The van der Waals surface area contributed by atoms with Gasteiger partial charge in [0.1, 0.15) is 0 Å². The summed E-state index contributed by atoms with van der Waals surface area (Å²) in [6.45, 7) is 4.96. The number of aromatic nitrogens is 2. The van der Waals surface area contributed by atoms with Crippen LogP contribution in [0.5, 0.6) is 0 Å². The molecular formula is C23H24Cl2N4O3. The molecule has 7 nitrogen and oxygen atoms in total. The van der Waals surface area contributed by atoms with E-state index >= 15 is 0 Å². The number of likely N-dealkylation sites (tertiary alicyclic amines) is 1. The Hall–Kier alpha value is -2.77. The van der Waals surface area contributed by atoms with E-state index in [2.05, 4.69) is 10.4 Å². The number of hydrogen-bond acceptors (Lipinski definition) is 4. The Morgan fingerprint density at radius 2 is 1.94 bits per heavy atom. The van der Waals surface area contributed by atoms with Gasteiger partial charge in [0.25, 0.3) is 5.91 Å². The monoisotopic (exact) mass is 474 g/mol. The third-order valence-electron chi connectivity index (χ3n) is 5.80. The van der Waals surface area contributed by atoms with Crippen LogP contribution < -0.4 is 5.32 Å². The van der Waals surface area contributed by atoms with Crippen molar-refractivity contribution in [3.05, 3.63) is 69.4 Å². The zero-order chi connectivity index (χ0) is 22.8. The first kappa shape index (κ1) is 22.4. The number of piperidine rings is 1. The van der Waals surface area contributed by atoms with Crippen molar-refractivity contribution in [2.24, 2.45) is 0 Å². The highest BCUT2D eigenvalue weighted by atomic mass is 35.5. The molecule has 4 rings (SSSR count). The van der Waals surface area contributed by atoms with Gasteiger partial charge in [-0.25, -0.2) is 4.68 Å². The van der Waals surface area contributed by atoms with Gasteiger partial charge >= 0.3 is 0 Å². The number of aryl methyl sites for hydroxylation is 1. The summed E-state index contributed by atoms with van der Waals surface area (Å²) < 4.78 is 6.94. The first-order valence-electron chi connectivity index (χ1n) is 10.5. The summed E-state index contributed by atoms with van der Waals surface area (Å²) in [4.78, 5) is 26.9. The van der Waals surface area contributed by atoms with Crippen LogP contribution in [0.4, 0.5) is 0 Å². The van der Waals surface area contributed by atoms with Gasteiger partial charge in [-0.15, -0.1) is 0 Å². The zero-order valence-electron chi connectivity index (χ0n) is 17.9. The number of hydrogen-bond donors (Lipinski definition) is 1. The topological polar surface area (TPSA) is 80.4 Å². The van der Waals surface area contributed by atoms with Gasteiger partial charge in [0.15, 0.2) is 5.76 Å². The Bertz CT molecular complexity index is 1130. The Balaban J connectivity index is 1.37. The molecule has 2 amide bonds. The van der Waals surface area contributed by atoms with Crippen molar-refractivity contribution in [1.29, 1.82) is 0 Å². The van der Waals surface area contributed by atoms with Crippen molar-refractivity contribution in [1.82, 2.24) is 20.0 Å². The lowest BCUT2D eigenvalue weighted by Crippen LogP contribution is -2.46. The van der Waals surface area contributed by atoms with Crippen LogP contribution in [0.15, 0.2) is 41.0 Å². The van der Waals surface area contributed by atoms with Crippen LogP contribution in [0.3, 0.4) is 0 Å². The minimum Gasteiger partial charge on any atom is -0.459 e. The van der Waals surface area contributed by atoms with Gasteiger partial charge in [0.05, 0.1) is 29.1 Å². The molecule has 0 radical (unpaired) electrons. The van der Waals surface area contributed by atoms with Crippen LogP contribution in [-0.2, 0) is 11.2 Å². The normalized spacial score (nSPS) is 14.6. The van der Waals surface area contributed by atoms with E-state index in [0.29, 0.717) is 41.7 Å². The first-order chi connectivity index (χ1) is 15.3. The van der Waals surface area contributed by atoms with Crippen LogP contribution in [0.1, 0.15) is 40.3 Å². The molecule has 9 heteroatoms. The Morgan fingerprint density at radius 1 is 1.19 bits per heavy atom. The number of carbonyl (C=O) groups is 2. The van der Waals surface area contributed by atoms with E-state index in [9.17, 15) is 9.59 Å². The fourth-order valence-electron chi connectivity index (χ4n) is 4.04. The molecule has 1 N–H and O–H groups in total. The van der Waals surface area contributed by atoms with Crippen molar-refractivity contribution in [2.75, 3.05) is 13.1 Å². The molecule has 0 bridgehead atoms. The number of furan rings is 1. The van der Waals surface area contributed by atoms with E-state index in [4.69, 9.17) is 27.6 Å². The molecule has 1 aromatic carbocycles. The second-order valence-electron chi connectivity index (χ2n) is 7.94. The lowest BCUT2D eigenvalue weighted by molar-refractivity contribution is -0.121. The summed E-state index contributed by atoms with van der Waals surface area (Å²) in [5.74, 6) is 0.171. The van der Waals surface area contributed by atoms with E-state index in [0.717, 1.165) is 22.6 Å². The number of nitrogens with zero attached hydrogens (tertiary/aromatic N) is 3. The summed E-state index contributed by atoms with van der Waals surface area (Å²) in [6, 6.07) is 8.64. The predicted octanol–water partition coefficient (Wildman–Crippen LogP) is 4.35. The maximum absolute atomic E-state index is 12.8. The molecule has 3 aromatic rings. The van der Waals surface area contributed by atoms with Gasteiger partial charge in [0, 0.05) is 35.4 Å². The summed E-state index contributed by atoms with van der Waals surface area (Å²) in [5.41, 5.74) is 3.24. The molecule has 168 valence electrons. The molecule has 3 heterocycles. The Kier molecular flexibility index (Phi) is 6.58. The number of nitrogens with one attached hydrogen (secondary N) is 1. The minimum atomic E-state index is -0.112. The lowest BCUT2D eigenvalue weighted by Gasteiger charge is -2.31. The van der Waals surface area contributed by atoms with E-state index in [-0.39, 0.29) is 24.3 Å². The zero-order valence-corrected chi connectivity index (χ0v) is 19.4. The number of rotatable bonds is 5. The van der Waals surface area contributed by atoms with Crippen molar-refractivity contribution < 1.29 is 14.0 Å². The fraction of sp³-hybridized carbons (Fsp3) is 0.348. The predicted molar refractivity (Wildman–Crippen MR) is 123 cm³/mol. The molecule has 0 spiro atoms. The molecule has 0 aliphatic carbocycles. The lowest BCUT2D eigenvalue weighted by atomic mass is 10.0. The third-order valence-corrected chi connectivity index (χ3v) is 6.33. The van der Waals surface area contributed by atoms with Gasteiger partial charge in [-0.3, -0.25) is 9.59 Å². The largest absolute Gasteiger partial charge is 0.459 e. The molecule has 1 aliphatic rings. The number of amides is 2. The molecule has 1 aliphatic heterocycles. The van der Waals surface area contributed by atoms with Crippen molar-refractivity contribution >= 4 is 35.0 Å². The molecule has 0 saturated carbocycles. The summed E-state index contributed by atoms with van der Waals surface area (Å²) >= 11 is 12.3. The first-order valence-corrected chi connectivity index (χ1v) is 11.2. The fourth-order valence-corrected chi connectivity index (χ4v) is 4.53. The molecule has 32 heavy (non-hydrogen) atoms. The van der Waals surface area contributed by atoms with Gasteiger partial charge in [0.2, 0.25) is 5.91 Å². The second kappa shape index (κ2) is 9.38. The van der Waals surface area contributed by atoms with Crippen LogP contribution in [-0.4, -0.2) is 45.6 Å². The highest BCUT2D eigenvalue weighted by Gasteiger charge is 2.26. The summed E-state index contributed by atoms with van der Waals surface area (Å²) in [7, 11) is 0. The summed E-state index contributed by atoms with van der Waals surface area (Å²) in [6.07, 6.45) is 3.13. The maximum atomic E-state index is 12.8. The smallest absolute Gasteiger partial charge is 0.289 e. The molecule has 0 unspecified atom stereocenters. The van der Waals surface area contributed by atoms with Crippen LogP contribution >= 0.6 is 23.2 Å². The van der Waals surface area contributed by atoms with E-state index in [1.807, 2.05) is 19.9 Å². The molecule has 1 saturated heterocycles. The summed E-state index contributed by atoms with van der Waals surface area (Å²) in [5, 5.41) is 8.73. The molecular weight excluding hydrogens is 451 g/mol. The number of carbonyl (C=O) groups excluding carboxylic acids is 2. The van der Waals surface area contributed by atoms with E-state index in [1.165, 1.54) is 6.26 Å². The third kappa shape index (κ3) is 4.69. The highest BCUT2D eigenvalue weighted by Crippen LogP contribution is 2.27. The number of halogens is 2. The molecule has 1 fully saturated rings. The van der Waals surface area contributed by atoms with Crippen molar-refractivity contribution in [3.63, 3.8) is 0 Å². The van der Waals surface area contributed by atoms with Gasteiger partial charge in [-0.1, -0.05) is 23.2 Å². The van der Waals surface area contributed by atoms with Gasteiger partial charge in [-0.2, -0.15) is 5.10 Å². The van der Waals surface area contributed by atoms with Crippen molar-refractivity contribution in [3.8, 4) is 5.69 Å². The van der Waals surface area contributed by atoms with Gasteiger partial charge < -0.3 is 14.6 Å². The van der Waals surface area contributed by atoms with E-state index in [1.54, 1.807) is 33.8 Å². The van der Waals surface area contributed by atoms with Crippen molar-refractivity contribution in [2.45, 2.75) is 39.2 Å². The molecule has 2 aromatic heterocycles.